The highest BCUT2D eigenvalue weighted by Crippen LogP contribution is 2.17. The van der Waals surface area contributed by atoms with Gasteiger partial charge < -0.3 is 5.73 Å². The summed E-state index contributed by atoms with van der Waals surface area (Å²) in [6, 6.07) is 7.89. The first kappa shape index (κ1) is 13.9. The second-order valence-electron chi connectivity index (χ2n) is 4.98. The molecule has 0 saturated carbocycles. The fraction of sp³-hybridized carbons (Fsp3) is 0.533. The van der Waals surface area contributed by atoms with Crippen molar-refractivity contribution in [3.8, 4) is 0 Å². The molecule has 94 valence electrons. The molecule has 1 unspecified atom stereocenters. The van der Waals surface area contributed by atoms with Crippen LogP contribution in [0.5, 0.6) is 0 Å². The smallest absolute Gasteiger partial charge is 0.167 e. The summed E-state index contributed by atoms with van der Waals surface area (Å²) in [5, 5.41) is 0. The number of carbonyl (C=O) groups excluding carboxylic acids is 1. The number of aryl methyl sites for hydroxylation is 1. The molecule has 0 fully saturated rings. The van der Waals surface area contributed by atoms with Crippen LogP contribution in [-0.2, 0) is 6.42 Å². The highest BCUT2D eigenvalue weighted by Gasteiger charge is 2.19. The first-order valence-corrected chi connectivity index (χ1v) is 6.41. The van der Waals surface area contributed by atoms with E-state index in [1.807, 2.05) is 18.2 Å². The van der Waals surface area contributed by atoms with Crippen LogP contribution in [0.3, 0.4) is 0 Å². The Morgan fingerprint density at radius 3 is 2.59 bits per heavy atom. The molecule has 0 aromatic heterocycles. The maximum atomic E-state index is 12.3. The van der Waals surface area contributed by atoms with Gasteiger partial charge in [0.1, 0.15) is 0 Å². The number of hydrogen-bond acceptors (Lipinski definition) is 2. The van der Waals surface area contributed by atoms with E-state index in [0.29, 0.717) is 12.5 Å². The fourth-order valence-electron chi connectivity index (χ4n) is 2.06. The van der Waals surface area contributed by atoms with Crippen molar-refractivity contribution in [1.29, 1.82) is 0 Å². The molecule has 2 heteroatoms. The minimum atomic E-state index is -0.0397. The van der Waals surface area contributed by atoms with Crippen LogP contribution in [0.1, 0.15) is 43.1 Å². The highest BCUT2D eigenvalue weighted by molar-refractivity contribution is 5.98. The van der Waals surface area contributed by atoms with Crippen LogP contribution in [0.2, 0.25) is 0 Å². The number of ketones is 1. The summed E-state index contributed by atoms with van der Waals surface area (Å²) >= 11 is 0. The summed E-state index contributed by atoms with van der Waals surface area (Å²) in [4.78, 5) is 12.3. The van der Waals surface area contributed by atoms with Crippen molar-refractivity contribution in [3.63, 3.8) is 0 Å². The third kappa shape index (κ3) is 3.97. The molecule has 17 heavy (non-hydrogen) atoms. The van der Waals surface area contributed by atoms with Gasteiger partial charge in [-0.15, -0.1) is 0 Å². The van der Waals surface area contributed by atoms with E-state index in [1.165, 1.54) is 5.56 Å². The molecule has 0 spiro atoms. The Kier molecular flexibility index (Phi) is 5.36. The number of rotatable bonds is 6. The Bertz CT molecular complexity index is 371. The minimum absolute atomic E-state index is 0.0397. The molecule has 1 aromatic rings. The second-order valence-corrected chi connectivity index (χ2v) is 4.98. The molecule has 0 aliphatic rings. The van der Waals surface area contributed by atoms with E-state index in [-0.39, 0.29) is 11.7 Å². The van der Waals surface area contributed by atoms with Crippen LogP contribution in [0.4, 0.5) is 0 Å². The van der Waals surface area contributed by atoms with Gasteiger partial charge >= 0.3 is 0 Å². The Labute approximate surface area is 104 Å². The lowest BCUT2D eigenvalue weighted by molar-refractivity contribution is 0.0908. The third-order valence-corrected chi connectivity index (χ3v) is 3.03. The molecule has 0 aliphatic heterocycles. The van der Waals surface area contributed by atoms with Gasteiger partial charge in [0.2, 0.25) is 0 Å². The summed E-state index contributed by atoms with van der Waals surface area (Å²) in [5.74, 6) is 0.653. The molecule has 1 atom stereocenters. The lowest BCUT2D eigenvalue weighted by Gasteiger charge is -2.16. The molecule has 0 bridgehead atoms. The largest absolute Gasteiger partial charge is 0.330 e. The highest BCUT2D eigenvalue weighted by atomic mass is 16.1. The second kappa shape index (κ2) is 6.55. The van der Waals surface area contributed by atoms with Gasteiger partial charge in [0.05, 0.1) is 0 Å². The summed E-state index contributed by atoms with van der Waals surface area (Å²) in [6.07, 6.45) is 1.82. The van der Waals surface area contributed by atoms with E-state index in [9.17, 15) is 4.79 Å². The van der Waals surface area contributed by atoms with E-state index in [4.69, 9.17) is 5.73 Å². The van der Waals surface area contributed by atoms with Gasteiger partial charge in [-0.3, -0.25) is 4.79 Å². The Morgan fingerprint density at radius 2 is 2.06 bits per heavy atom. The lowest BCUT2D eigenvalue weighted by Crippen LogP contribution is -2.25. The molecule has 1 rings (SSSR count). The zero-order chi connectivity index (χ0) is 12.8. The SMILES string of the molecule is CCc1cccc(C(=O)C(CN)CC(C)C)c1. The summed E-state index contributed by atoms with van der Waals surface area (Å²) < 4.78 is 0. The molecule has 0 amide bonds. The maximum absolute atomic E-state index is 12.3. The summed E-state index contributed by atoms with van der Waals surface area (Å²) in [6.45, 7) is 6.78. The molecule has 0 heterocycles. The number of Topliss-reactive ketones (excluding diaryl/α,β-unsaturated/α-hetero) is 1. The average molecular weight is 233 g/mol. The summed E-state index contributed by atoms with van der Waals surface area (Å²) in [5.41, 5.74) is 7.72. The Balaban J connectivity index is 2.85. The fourth-order valence-corrected chi connectivity index (χ4v) is 2.06. The maximum Gasteiger partial charge on any atom is 0.167 e. The zero-order valence-electron chi connectivity index (χ0n) is 11.1. The van der Waals surface area contributed by atoms with Crippen molar-refractivity contribution < 1.29 is 4.79 Å². The predicted octanol–water partition coefficient (Wildman–Crippen LogP) is 3.05. The van der Waals surface area contributed by atoms with Crippen LogP contribution in [0.15, 0.2) is 24.3 Å². The molecular formula is C15H23NO. The zero-order valence-corrected chi connectivity index (χ0v) is 11.1. The van der Waals surface area contributed by atoms with Gasteiger partial charge in [-0.1, -0.05) is 39.0 Å². The quantitative estimate of drug-likeness (QED) is 0.767. The van der Waals surface area contributed by atoms with Crippen LogP contribution in [0, 0.1) is 11.8 Å². The van der Waals surface area contributed by atoms with Gasteiger partial charge in [-0.2, -0.15) is 0 Å². The molecule has 0 radical (unpaired) electrons. The van der Waals surface area contributed by atoms with Crippen molar-refractivity contribution in [3.05, 3.63) is 35.4 Å². The number of hydrogen-bond donors (Lipinski definition) is 1. The standard InChI is InChI=1S/C15H23NO/c1-4-12-6-5-7-13(9-12)15(17)14(10-16)8-11(2)3/h5-7,9,11,14H,4,8,10,16H2,1-3H3. The van der Waals surface area contributed by atoms with Crippen LogP contribution in [0.25, 0.3) is 0 Å². The van der Waals surface area contributed by atoms with Gasteiger partial charge in [0, 0.05) is 18.0 Å². The summed E-state index contributed by atoms with van der Waals surface area (Å²) in [7, 11) is 0. The van der Waals surface area contributed by atoms with E-state index in [1.54, 1.807) is 0 Å². The van der Waals surface area contributed by atoms with Crippen LogP contribution < -0.4 is 5.73 Å². The van der Waals surface area contributed by atoms with Crippen LogP contribution >= 0.6 is 0 Å². The van der Waals surface area contributed by atoms with Gasteiger partial charge in [0.15, 0.2) is 5.78 Å². The molecule has 0 saturated heterocycles. The molecule has 1 aromatic carbocycles. The van der Waals surface area contributed by atoms with E-state index >= 15 is 0 Å². The molecule has 2 nitrogen and oxygen atoms in total. The minimum Gasteiger partial charge on any atom is -0.330 e. The third-order valence-electron chi connectivity index (χ3n) is 3.03. The predicted molar refractivity (Wildman–Crippen MR) is 72.1 cm³/mol. The molecular weight excluding hydrogens is 210 g/mol. The number of nitrogens with two attached hydrogens (primary N) is 1. The first-order chi connectivity index (χ1) is 8.08. The van der Waals surface area contributed by atoms with E-state index < -0.39 is 0 Å². The van der Waals surface area contributed by atoms with Gasteiger partial charge in [-0.05, 0) is 30.4 Å². The van der Waals surface area contributed by atoms with Crippen LogP contribution in [-0.4, -0.2) is 12.3 Å². The number of benzene rings is 1. The van der Waals surface area contributed by atoms with Crippen molar-refractivity contribution in [2.75, 3.05) is 6.54 Å². The monoisotopic (exact) mass is 233 g/mol. The van der Waals surface area contributed by atoms with E-state index in [2.05, 4.69) is 26.8 Å². The Morgan fingerprint density at radius 1 is 1.35 bits per heavy atom. The molecule has 2 N–H and O–H groups in total. The average Bonchev–Trinajstić information content (AvgIpc) is 2.35. The first-order valence-electron chi connectivity index (χ1n) is 6.41. The topological polar surface area (TPSA) is 43.1 Å². The van der Waals surface area contributed by atoms with Crippen molar-refractivity contribution in [1.82, 2.24) is 0 Å². The van der Waals surface area contributed by atoms with Gasteiger partial charge in [0.25, 0.3) is 0 Å². The number of carbonyl (C=O) groups is 1. The van der Waals surface area contributed by atoms with Gasteiger partial charge in [-0.25, -0.2) is 0 Å². The van der Waals surface area contributed by atoms with Crippen molar-refractivity contribution >= 4 is 5.78 Å². The molecule has 0 aliphatic carbocycles. The van der Waals surface area contributed by atoms with E-state index in [0.717, 1.165) is 18.4 Å². The normalized spacial score (nSPS) is 12.8. The van der Waals surface area contributed by atoms with Crippen molar-refractivity contribution in [2.24, 2.45) is 17.6 Å². The van der Waals surface area contributed by atoms with Crippen molar-refractivity contribution in [2.45, 2.75) is 33.6 Å². The Hall–Kier alpha value is -1.15. The lowest BCUT2D eigenvalue weighted by atomic mass is 9.89.